The Labute approximate surface area is 200 Å². The van der Waals surface area contributed by atoms with Crippen LogP contribution in [0, 0.1) is 13.8 Å². The topological polar surface area (TPSA) is 75.7 Å². The molecule has 3 aromatic carbocycles. The number of hydrogen-bond acceptors (Lipinski definition) is 4. The number of hydrogen-bond donors (Lipinski definition) is 1. The van der Waals surface area contributed by atoms with Crippen LogP contribution in [0.2, 0.25) is 0 Å². The van der Waals surface area contributed by atoms with Crippen molar-refractivity contribution in [1.29, 1.82) is 0 Å². The molecule has 4 rings (SSSR count). The van der Waals surface area contributed by atoms with Gasteiger partial charge in [0.15, 0.2) is 4.91 Å². The molecule has 0 saturated heterocycles. The summed E-state index contributed by atoms with van der Waals surface area (Å²) in [5.74, 6) is 0.0939. The Hall–Kier alpha value is -3.58. The van der Waals surface area contributed by atoms with Crippen molar-refractivity contribution in [1.82, 2.24) is 5.32 Å². The Kier molecular flexibility index (Phi) is 6.75. The third-order valence-electron chi connectivity index (χ3n) is 5.75. The summed E-state index contributed by atoms with van der Waals surface area (Å²) in [6.07, 6.45) is 0. The molecule has 1 amide bonds. The summed E-state index contributed by atoms with van der Waals surface area (Å²) >= 11 is 0. The molecule has 0 atom stereocenters. The fraction of sp³-hybridized carbons (Fsp3) is 0.222. The summed E-state index contributed by atoms with van der Waals surface area (Å²) in [5, 5.41) is 2.76. The van der Waals surface area contributed by atoms with Crippen LogP contribution in [0.1, 0.15) is 29.2 Å². The number of aryl methyl sites for hydroxylation is 2. The number of para-hydroxylation sites is 1. The maximum atomic E-state index is 13.6. The third-order valence-corrected chi connectivity index (χ3v) is 7.69. The van der Waals surface area contributed by atoms with Gasteiger partial charge < -0.3 is 10.1 Å². The average Bonchev–Trinajstić information content (AvgIpc) is 2.82. The van der Waals surface area contributed by atoms with Gasteiger partial charge in [-0.25, -0.2) is 8.42 Å². The van der Waals surface area contributed by atoms with Crippen molar-refractivity contribution in [2.45, 2.75) is 20.8 Å². The zero-order valence-electron chi connectivity index (χ0n) is 19.5. The normalized spacial score (nSPS) is 14.5. The first kappa shape index (κ1) is 23.6. The Bertz CT molecular complexity index is 1350. The number of fused-ring (bicyclic) bond motifs is 1. The second-order valence-electron chi connectivity index (χ2n) is 8.13. The van der Waals surface area contributed by atoms with Crippen LogP contribution < -0.4 is 14.4 Å². The van der Waals surface area contributed by atoms with Crippen LogP contribution in [-0.4, -0.2) is 34.0 Å². The molecule has 0 radical (unpaired) electrons. The lowest BCUT2D eigenvalue weighted by atomic mass is 9.95. The molecule has 0 saturated carbocycles. The van der Waals surface area contributed by atoms with Crippen molar-refractivity contribution >= 4 is 27.2 Å². The Morgan fingerprint density at radius 3 is 2.38 bits per heavy atom. The molecule has 1 N–H and O–H groups in total. The second-order valence-corrected chi connectivity index (χ2v) is 9.93. The molecule has 7 heteroatoms. The molecule has 0 fully saturated rings. The zero-order chi connectivity index (χ0) is 24.3. The highest BCUT2D eigenvalue weighted by atomic mass is 32.2. The van der Waals surface area contributed by atoms with E-state index in [-0.39, 0.29) is 24.6 Å². The summed E-state index contributed by atoms with van der Waals surface area (Å²) in [6, 6.07) is 22.3. The lowest BCUT2D eigenvalue weighted by Gasteiger charge is -2.32. The largest absolute Gasteiger partial charge is 0.491 e. The molecule has 0 aliphatic carbocycles. The van der Waals surface area contributed by atoms with Gasteiger partial charge in [0.2, 0.25) is 0 Å². The number of amides is 1. The molecule has 0 bridgehead atoms. The first-order valence-electron chi connectivity index (χ1n) is 11.2. The third kappa shape index (κ3) is 4.43. The highest BCUT2D eigenvalue weighted by Gasteiger charge is 2.40. The molecule has 1 aliphatic heterocycles. The minimum atomic E-state index is -4.07. The van der Waals surface area contributed by atoms with Crippen LogP contribution in [-0.2, 0) is 14.8 Å². The molecule has 3 aromatic rings. The maximum absolute atomic E-state index is 13.6. The predicted molar refractivity (Wildman–Crippen MR) is 135 cm³/mol. The van der Waals surface area contributed by atoms with Crippen molar-refractivity contribution in [3.8, 4) is 5.75 Å². The lowest BCUT2D eigenvalue weighted by molar-refractivity contribution is -0.116. The van der Waals surface area contributed by atoms with Crippen LogP contribution in [0.15, 0.2) is 77.7 Å². The molecule has 176 valence electrons. The predicted octanol–water partition coefficient (Wildman–Crippen LogP) is 4.43. The van der Waals surface area contributed by atoms with Crippen LogP contribution in [0.25, 0.3) is 5.57 Å². The van der Waals surface area contributed by atoms with Crippen LogP contribution >= 0.6 is 0 Å². The number of ether oxygens (including phenoxy) is 1. The quantitative estimate of drug-likeness (QED) is 0.512. The van der Waals surface area contributed by atoms with Gasteiger partial charge in [-0.2, -0.15) is 0 Å². The Morgan fingerprint density at radius 2 is 1.68 bits per heavy atom. The standard InChI is InChI=1S/C27H28N2O4S/c1-4-29-23-13-9-8-12-22(23)25(21-10-6-5-7-11-21)26(34(29,31)32)27(30)28-16-17-33-24-15-14-19(2)18-20(24)3/h5-15,18H,4,16-17H2,1-3H3,(H,28,30). The van der Waals surface area contributed by atoms with Gasteiger partial charge in [-0.15, -0.1) is 0 Å². The van der Waals surface area contributed by atoms with E-state index in [9.17, 15) is 13.2 Å². The molecule has 0 spiro atoms. The van der Waals surface area contributed by atoms with Gasteiger partial charge in [-0.05, 0) is 44.0 Å². The number of nitrogens with one attached hydrogen (secondary N) is 1. The molecule has 1 aliphatic rings. The fourth-order valence-corrected chi connectivity index (χ4v) is 5.99. The number of nitrogens with zero attached hydrogens (tertiary/aromatic N) is 1. The van der Waals surface area contributed by atoms with E-state index in [4.69, 9.17) is 4.74 Å². The molecular formula is C27H28N2O4S. The van der Waals surface area contributed by atoms with Gasteiger partial charge in [0.1, 0.15) is 12.4 Å². The number of rotatable bonds is 7. The van der Waals surface area contributed by atoms with Gasteiger partial charge in [-0.3, -0.25) is 9.10 Å². The highest BCUT2D eigenvalue weighted by molar-refractivity contribution is 7.97. The van der Waals surface area contributed by atoms with Crippen molar-refractivity contribution in [2.75, 3.05) is 24.0 Å². The zero-order valence-corrected chi connectivity index (χ0v) is 20.4. The molecule has 6 nitrogen and oxygen atoms in total. The van der Waals surface area contributed by atoms with Gasteiger partial charge in [-0.1, -0.05) is 66.2 Å². The monoisotopic (exact) mass is 476 g/mol. The first-order valence-corrected chi connectivity index (χ1v) is 12.7. The molecule has 0 aromatic heterocycles. The van der Waals surface area contributed by atoms with E-state index in [1.807, 2.05) is 74.5 Å². The Balaban J connectivity index is 1.67. The van der Waals surface area contributed by atoms with Crippen LogP contribution in [0.3, 0.4) is 0 Å². The van der Waals surface area contributed by atoms with E-state index in [0.717, 1.165) is 16.9 Å². The van der Waals surface area contributed by atoms with E-state index in [2.05, 4.69) is 5.32 Å². The molecule has 0 unspecified atom stereocenters. The number of anilines is 1. The summed E-state index contributed by atoms with van der Waals surface area (Å²) in [5.41, 5.74) is 4.51. The van der Waals surface area contributed by atoms with Gasteiger partial charge in [0.05, 0.1) is 12.2 Å². The van der Waals surface area contributed by atoms with E-state index in [1.54, 1.807) is 19.1 Å². The first-order chi connectivity index (χ1) is 16.3. The minimum Gasteiger partial charge on any atom is -0.491 e. The molecule has 34 heavy (non-hydrogen) atoms. The smallest absolute Gasteiger partial charge is 0.270 e. The molecule has 1 heterocycles. The van der Waals surface area contributed by atoms with E-state index in [0.29, 0.717) is 22.4 Å². The van der Waals surface area contributed by atoms with Crippen LogP contribution in [0.4, 0.5) is 5.69 Å². The lowest BCUT2D eigenvalue weighted by Crippen LogP contribution is -2.42. The van der Waals surface area contributed by atoms with E-state index < -0.39 is 15.9 Å². The van der Waals surface area contributed by atoms with E-state index >= 15 is 0 Å². The number of carbonyl (C=O) groups excluding carboxylic acids is 1. The van der Waals surface area contributed by atoms with Crippen molar-refractivity contribution < 1.29 is 17.9 Å². The molecular weight excluding hydrogens is 448 g/mol. The van der Waals surface area contributed by atoms with Crippen molar-refractivity contribution in [3.05, 3.63) is 100.0 Å². The summed E-state index contributed by atoms with van der Waals surface area (Å²) in [7, 11) is -4.07. The van der Waals surface area contributed by atoms with Crippen LogP contribution in [0.5, 0.6) is 5.75 Å². The maximum Gasteiger partial charge on any atom is 0.270 e. The SMILES string of the molecule is CCN1c2ccccc2C(c2ccccc2)=C(C(=O)NCCOc2ccc(C)cc2C)S1(=O)=O. The second kappa shape index (κ2) is 9.73. The summed E-state index contributed by atoms with van der Waals surface area (Å²) in [6.45, 7) is 6.34. The fourth-order valence-electron chi connectivity index (χ4n) is 4.22. The van der Waals surface area contributed by atoms with Crippen molar-refractivity contribution in [2.24, 2.45) is 0 Å². The van der Waals surface area contributed by atoms with Gasteiger partial charge in [0, 0.05) is 17.7 Å². The summed E-state index contributed by atoms with van der Waals surface area (Å²) in [4.78, 5) is 13.1. The number of benzene rings is 3. The van der Waals surface area contributed by atoms with E-state index in [1.165, 1.54) is 4.31 Å². The number of carbonyl (C=O) groups is 1. The highest BCUT2D eigenvalue weighted by Crippen LogP contribution is 2.42. The summed E-state index contributed by atoms with van der Waals surface area (Å²) < 4.78 is 34.4. The van der Waals surface area contributed by atoms with Gasteiger partial charge >= 0.3 is 0 Å². The Morgan fingerprint density at radius 1 is 0.971 bits per heavy atom. The minimum absolute atomic E-state index is 0.168. The average molecular weight is 477 g/mol. The van der Waals surface area contributed by atoms with Crippen molar-refractivity contribution in [3.63, 3.8) is 0 Å². The number of sulfonamides is 1. The van der Waals surface area contributed by atoms with Gasteiger partial charge in [0.25, 0.3) is 15.9 Å².